The number of carbonyl (C=O) groups is 3. The fourth-order valence-electron chi connectivity index (χ4n) is 2.76. The molecular formula is C14H12N4O5S. The second kappa shape index (κ2) is 5.34. The Kier molecular flexibility index (Phi) is 3.27. The molecule has 0 radical (unpaired) electrons. The molecule has 124 valence electrons. The molecule has 2 aliphatic heterocycles. The molecule has 4 heterocycles. The number of methoxy groups -OCH3 is 1. The number of rotatable bonds is 2. The predicted molar refractivity (Wildman–Crippen MR) is 83.0 cm³/mol. The molecule has 0 aliphatic carbocycles. The molecule has 4 rings (SSSR count). The Balaban J connectivity index is 1.86. The van der Waals surface area contributed by atoms with E-state index in [-0.39, 0.29) is 19.1 Å². The van der Waals surface area contributed by atoms with Crippen molar-refractivity contribution < 1.29 is 23.9 Å². The molecule has 1 atom stereocenters. The van der Waals surface area contributed by atoms with Crippen molar-refractivity contribution in [3.05, 3.63) is 17.3 Å². The Hall–Kier alpha value is -2.88. The van der Waals surface area contributed by atoms with E-state index in [0.29, 0.717) is 21.2 Å². The zero-order valence-electron chi connectivity index (χ0n) is 12.5. The average Bonchev–Trinajstić information content (AvgIpc) is 3.19. The van der Waals surface area contributed by atoms with Gasteiger partial charge in [0.25, 0.3) is 11.8 Å². The number of esters is 1. The van der Waals surface area contributed by atoms with Crippen molar-refractivity contribution >= 4 is 34.8 Å². The summed E-state index contributed by atoms with van der Waals surface area (Å²) in [6, 6.07) is -0.922. The number of amides is 2. The van der Waals surface area contributed by atoms with Crippen molar-refractivity contribution in [1.82, 2.24) is 15.5 Å². The normalized spacial score (nSPS) is 19.2. The fraction of sp³-hybridized carbons (Fsp3) is 0.286. The van der Waals surface area contributed by atoms with Crippen molar-refractivity contribution in [1.29, 1.82) is 0 Å². The predicted octanol–water partition coefficient (Wildman–Crippen LogP) is 0.149. The van der Waals surface area contributed by atoms with Gasteiger partial charge in [0.05, 0.1) is 24.7 Å². The number of hydrogen-bond donors (Lipinski definition) is 2. The molecule has 2 amide bonds. The Morgan fingerprint density at radius 1 is 1.46 bits per heavy atom. The van der Waals surface area contributed by atoms with Gasteiger partial charge in [-0.1, -0.05) is 0 Å². The molecule has 0 bridgehead atoms. The van der Waals surface area contributed by atoms with Crippen LogP contribution in [0.5, 0.6) is 5.75 Å². The molecule has 2 aliphatic rings. The van der Waals surface area contributed by atoms with Gasteiger partial charge >= 0.3 is 5.97 Å². The maximum Gasteiger partial charge on any atom is 0.330 e. The summed E-state index contributed by atoms with van der Waals surface area (Å²) >= 11 is 1.19. The number of H-pyrrole nitrogens is 1. The van der Waals surface area contributed by atoms with E-state index in [1.54, 1.807) is 12.4 Å². The minimum atomic E-state index is -0.922. The molecule has 2 aromatic heterocycles. The van der Waals surface area contributed by atoms with E-state index < -0.39 is 17.9 Å². The fourth-order valence-corrected chi connectivity index (χ4v) is 3.90. The van der Waals surface area contributed by atoms with Gasteiger partial charge in [0.15, 0.2) is 12.4 Å². The first-order valence-electron chi connectivity index (χ1n) is 7.08. The van der Waals surface area contributed by atoms with Gasteiger partial charge in [0.1, 0.15) is 16.6 Å². The zero-order valence-corrected chi connectivity index (χ0v) is 13.3. The highest BCUT2D eigenvalue weighted by Gasteiger charge is 2.41. The van der Waals surface area contributed by atoms with Crippen molar-refractivity contribution in [2.75, 3.05) is 25.2 Å². The summed E-state index contributed by atoms with van der Waals surface area (Å²) < 4.78 is 10.3. The maximum atomic E-state index is 12.5. The minimum Gasteiger partial charge on any atom is -0.480 e. The molecule has 24 heavy (non-hydrogen) atoms. The van der Waals surface area contributed by atoms with Crippen LogP contribution in [-0.4, -0.2) is 54.3 Å². The number of aromatic nitrogens is 2. The van der Waals surface area contributed by atoms with Crippen LogP contribution in [0.3, 0.4) is 0 Å². The lowest BCUT2D eigenvalue weighted by Gasteiger charge is -2.28. The molecule has 10 heteroatoms. The Morgan fingerprint density at radius 3 is 3.00 bits per heavy atom. The topological polar surface area (TPSA) is 114 Å². The van der Waals surface area contributed by atoms with Gasteiger partial charge in [0.2, 0.25) is 0 Å². The number of nitrogens with zero attached hydrogens (tertiary/aromatic N) is 2. The second-order valence-electron chi connectivity index (χ2n) is 5.27. The monoisotopic (exact) mass is 348 g/mol. The molecule has 2 N–H and O–H groups in total. The first kappa shape index (κ1) is 14.7. The molecule has 9 nitrogen and oxygen atoms in total. The summed E-state index contributed by atoms with van der Waals surface area (Å²) in [5.74, 6) is -0.904. The zero-order chi connectivity index (χ0) is 16.8. The molecule has 0 spiro atoms. The van der Waals surface area contributed by atoms with E-state index in [1.807, 2.05) is 0 Å². The number of nitrogens with one attached hydrogen (secondary N) is 2. The SMILES string of the molecule is COC(=O)C1CN2C(=O)COc3c(-c4cn[nH]c4)sc(c32)C(=O)N1. The first-order chi connectivity index (χ1) is 11.6. The summed E-state index contributed by atoms with van der Waals surface area (Å²) in [6.07, 6.45) is 3.29. The Bertz CT molecular complexity index is 844. The highest BCUT2D eigenvalue weighted by atomic mass is 32.1. The number of hydrogen-bond acceptors (Lipinski definition) is 7. The molecule has 0 saturated heterocycles. The van der Waals surface area contributed by atoms with Crippen LogP contribution in [0.4, 0.5) is 5.69 Å². The molecule has 0 fully saturated rings. The van der Waals surface area contributed by atoms with Gasteiger partial charge < -0.3 is 19.7 Å². The summed E-state index contributed by atoms with van der Waals surface area (Å²) in [7, 11) is 1.23. The van der Waals surface area contributed by atoms with Crippen LogP contribution in [0.2, 0.25) is 0 Å². The highest BCUT2D eigenvalue weighted by Crippen LogP contribution is 2.50. The van der Waals surface area contributed by atoms with Crippen molar-refractivity contribution in [2.24, 2.45) is 0 Å². The van der Waals surface area contributed by atoms with E-state index in [4.69, 9.17) is 9.47 Å². The van der Waals surface area contributed by atoms with Crippen LogP contribution in [0.1, 0.15) is 9.67 Å². The minimum absolute atomic E-state index is 0.00215. The lowest BCUT2D eigenvalue weighted by molar-refractivity contribution is -0.142. The lowest BCUT2D eigenvalue weighted by Crippen LogP contribution is -2.49. The number of thiophene rings is 1. The van der Waals surface area contributed by atoms with Gasteiger partial charge in [-0.05, 0) is 0 Å². The quantitative estimate of drug-likeness (QED) is 0.747. The third-order valence-corrected chi connectivity index (χ3v) is 5.08. The Labute approximate surface area is 139 Å². The summed E-state index contributed by atoms with van der Waals surface area (Å²) in [6.45, 7) is -0.154. The third kappa shape index (κ3) is 2.07. The number of anilines is 1. The van der Waals surface area contributed by atoms with Gasteiger partial charge in [-0.3, -0.25) is 14.7 Å². The summed E-state index contributed by atoms with van der Waals surface area (Å²) in [4.78, 5) is 39.1. The first-order valence-corrected chi connectivity index (χ1v) is 7.89. The lowest BCUT2D eigenvalue weighted by atomic mass is 10.2. The van der Waals surface area contributed by atoms with Crippen molar-refractivity contribution in [2.45, 2.75) is 6.04 Å². The smallest absolute Gasteiger partial charge is 0.330 e. The van der Waals surface area contributed by atoms with E-state index in [9.17, 15) is 14.4 Å². The number of ether oxygens (including phenoxy) is 2. The van der Waals surface area contributed by atoms with E-state index in [2.05, 4.69) is 15.5 Å². The van der Waals surface area contributed by atoms with Crippen molar-refractivity contribution in [3.8, 4) is 16.2 Å². The molecule has 0 aromatic carbocycles. The van der Waals surface area contributed by atoms with Crippen LogP contribution >= 0.6 is 11.3 Å². The van der Waals surface area contributed by atoms with Gasteiger partial charge in [0, 0.05) is 11.8 Å². The second-order valence-corrected chi connectivity index (χ2v) is 6.29. The summed E-state index contributed by atoms with van der Waals surface area (Å²) in [5.41, 5.74) is 1.16. The third-order valence-electron chi connectivity index (χ3n) is 3.87. The van der Waals surface area contributed by atoms with E-state index in [0.717, 1.165) is 5.56 Å². The maximum absolute atomic E-state index is 12.5. The van der Waals surface area contributed by atoms with Crippen LogP contribution in [0.15, 0.2) is 12.4 Å². The van der Waals surface area contributed by atoms with Crippen LogP contribution in [0, 0.1) is 0 Å². The van der Waals surface area contributed by atoms with Gasteiger partial charge in [-0.25, -0.2) is 4.79 Å². The standard InChI is InChI=1S/C14H12N4O5S/c1-22-14(21)7-4-18-8(19)5-23-10-9(18)12(13(20)17-7)24-11(10)6-2-15-16-3-6/h2-3,7H,4-5H2,1H3,(H,15,16)(H,17,20). The van der Waals surface area contributed by atoms with Gasteiger partial charge in [-0.15, -0.1) is 11.3 Å². The molecule has 0 saturated carbocycles. The van der Waals surface area contributed by atoms with Crippen LogP contribution in [0.25, 0.3) is 10.4 Å². The van der Waals surface area contributed by atoms with Crippen LogP contribution < -0.4 is 15.0 Å². The summed E-state index contributed by atoms with van der Waals surface area (Å²) in [5, 5.41) is 9.22. The largest absolute Gasteiger partial charge is 0.480 e. The molecular weight excluding hydrogens is 336 g/mol. The van der Waals surface area contributed by atoms with Crippen molar-refractivity contribution in [3.63, 3.8) is 0 Å². The Morgan fingerprint density at radius 2 is 2.29 bits per heavy atom. The van der Waals surface area contributed by atoms with Crippen LogP contribution in [-0.2, 0) is 14.3 Å². The number of carbonyl (C=O) groups excluding carboxylic acids is 3. The molecule has 2 aromatic rings. The van der Waals surface area contributed by atoms with Gasteiger partial charge in [-0.2, -0.15) is 5.10 Å². The van der Waals surface area contributed by atoms with E-state index >= 15 is 0 Å². The number of aromatic amines is 1. The average molecular weight is 348 g/mol. The molecule has 1 unspecified atom stereocenters. The highest BCUT2D eigenvalue weighted by molar-refractivity contribution is 7.18. The van der Waals surface area contributed by atoms with E-state index in [1.165, 1.54) is 23.3 Å².